The van der Waals surface area contributed by atoms with Gasteiger partial charge >= 0.3 is 0 Å². The number of anilines is 2. The van der Waals surface area contributed by atoms with Crippen LogP contribution in [-0.2, 0) is 9.59 Å². The first-order chi connectivity index (χ1) is 19.9. The number of methoxy groups -OCH3 is 2. The van der Waals surface area contributed by atoms with Gasteiger partial charge in [-0.2, -0.15) is 0 Å². The van der Waals surface area contributed by atoms with Crippen molar-refractivity contribution in [3.05, 3.63) is 120 Å². The van der Waals surface area contributed by atoms with Gasteiger partial charge in [0.1, 0.15) is 17.2 Å². The second kappa shape index (κ2) is 14.4. The summed E-state index contributed by atoms with van der Waals surface area (Å²) in [5.41, 5.74) is 2.34. The van der Waals surface area contributed by atoms with E-state index in [2.05, 4.69) is 16.0 Å². The van der Waals surface area contributed by atoms with Crippen molar-refractivity contribution in [3.63, 3.8) is 0 Å². The lowest BCUT2D eigenvalue weighted by molar-refractivity contribution is -0.114. The Morgan fingerprint density at radius 1 is 0.780 bits per heavy atom. The molecular formula is C32H29N3O5S. The molecule has 0 saturated carbocycles. The van der Waals surface area contributed by atoms with Gasteiger partial charge in [0.05, 0.1) is 25.7 Å². The Morgan fingerprint density at radius 2 is 1.51 bits per heavy atom. The summed E-state index contributed by atoms with van der Waals surface area (Å²) in [5, 5.41) is 8.42. The van der Waals surface area contributed by atoms with Gasteiger partial charge in [-0.25, -0.2) is 0 Å². The average Bonchev–Trinajstić information content (AvgIpc) is 3.01. The van der Waals surface area contributed by atoms with Crippen LogP contribution in [0, 0.1) is 0 Å². The van der Waals surface area contributed by atoms with Crippen molar-refractivity contribution in [1.82, 2.24) is 5.32 Å². The molecule has 8 nitrogen and oxygen atoms in total. The number of carbonyl (C=O) groups is 3. The summed E-state index contributed by atoms with van der Waals surface area (Å²) < 4.78 is 10.5. The van der Waals surface area contributed by atoms with E-state index < -0.39 is 11.8 Å². The van der Waals surface area contributed by atoms with Crippen LogP contribution in [-0.4, -0.2) is 37.7 Å². The Kier molecular flexibility index (Phi) is 10.2. The maximum absolute atomic E-state index is 13.3. The predicted octanol–water partition coefficient (Wildman–Crippen LogP) is 5.84. The van der Waals surface area contributed by atoms with Crippen LogP contribution >= 0.6 is 11.8 Å². The first kappa shape index (κ1) is 29.0. The van der Waals surface area contributed by atoms with Crippen molar-refractivity contribution in [1.29, 1.82) is 0 Å². The zero-order chi connectivity index (χ0) is 29.0. The van der Waals surface area contributed by atoms with Crippen molar-refractivity contribution in [2.45, 2.75) is 4.90 Å². The van der Waals surface area contributed by atoms with Crippen molar-refractivity contribution >= 4 is 46.9 Å². The number of nitrogens with one attached hydrogen (secondary N) is 3. The molecule has 3 amide bonds. The predicted molar refractivity (Wildman–Crippen MR) is 162 cm³/mol. The molecule has 0 unspecified atom stereocenters. The lowest BCUT2D eigenvalue weighted by Crippen LogP contribution is -2.30. The molecule has 0 radical (unpaired) electrons. The van der Waals surface area contributed by atoms with Crippen molar-refractivity contribution < 1.29 is 23.9 Å². The Bertz CT molecular complexity index is 1540. The highest BCUT2D eigenvalue weighted by Gasteiger charge is 2.16. The van der Waals surface area contributed by atoms with Crippen LogP contribution < -0.4 is 25.4 Å². The third-order valence-electron chi connectivity index (χ3n) is 5.78. The highest BCUT2D eigenvalue weighted by molar-refractivity contribution is 8.00. The third kappa shape index (κ3) is 8.48. The molecule has 208 valence electrons. The molecule has 4 rings (SSSR count). The largest absolute Gasteiger partial charge is 0.497 e. The SMILES string of the molecule is COc1ccc(NC(=O)CSc2cccc(NC(=O)/C(=C/c3ccccc3)NC(=O)c3ccccc3)c2)c(OC)c1. The normalized spacial score (nSPS) is 10.8. The smallest absolute Gasteiger partial charge is 0.272 e. The van der Waals surface area contributed by atoms with E-state index >= 15 is 0 Å². The van der Waals surface area contributed by atoms with Crippen LogP contribution in [0.5, 0.6) is 11.5 Å². The number of benzene rings is 4. The van der Waals surface area contributed by atoms with Crippen LogP contribution in [0.3, 0.4) is 0 Å². The minimum Gasteiger partial charge on any atom is -0.497 e. The summed E-state index contributed by atoms with van der Waals surface area (Å²) in [4.78, 5) is 39.5. The zero-order valence-electron chi connectivity index (χ0n) is 22.5. The number of rotatable bonds is 11. The van der Waals surface area contributed by atoms with E-state index in [1.54, 1.807) is 73.8 Å². The van der Waals surface area contributed by atoms with E-state index in [9.17, 15) is 14.4 Å². The molecule has 0 bridgehead atoms. The molecule has 0 atom stereocenters. The third-order valence-corrected chi connectivity index (χ3v) is 6.78. The fraction of sp³-hybridized carbons (Fsp3) is 0.0938. The Hall–Kier alpha value is -5.02. The Morgan fingerprint density at radius 3 is 2.22 bits per heavy atom. The highest BCUT2D eigenvalue weighted by atomic mass is 32.2. The van der Waals surface area contributed by atoms with Gasteiger partial charge in [-0.05, 0) is 54.1 Å². The Balaban J connectivity index is 1.42. The highest BCUT2D eigenvalue weighted by Crippen LogP contribution is 2.29. The average molecular weight is 568 g/mol. The molecule has 0 fully saturated rings. The molecule has 0 aliphatic rings. The number of carbonyl (C=O) groups excluding carboxylic acids is 3. The van der Waals surface area contributed by atoms with Gasteiger partial charge in [0.2, 0.25) is 5.91 Å². The molecule has 4 aromatic rings. The molecule has 0 saturated heterocycles. The number of ether oxygens (including phenoxy) is 2. The van der Waals surface area contributed by atoms with Gasteiger partial charge in [-0.3, -0.25) is 14.4 Å². The first-order valence-corrected chi connectivity index (χ1v) is 13.6. The number of thioether (sulfide) groups is 1. The quantitative estimate of drug-likeness (QED) is 0.155. The van der Waals surface area contributed by atoms with Crippen LogP contribution in [0.15, 0.2) is 114 Å². The Labute approximate surface area is 242 Å². The topological polar surface area (TPSA) is 106 Å². The van der Waals surface area contributed by atoms with Gasteiger partial charge in [0.25, 0.3) is 11.8 Å². The van der Waals surface area contributed by atoms with E-state index in [0.29, 0.717) is 28.4 Å². The first-order valence-electron chi connectivity index (χ1n) is 12.6. The van der Waals surface area contributed by atoms with E-state index in [1.165, 1.54) is 18.9 Å². The molecule has 3 N–H and O–H groups in total. The number of hydrogen-bond donors (Lipinski definition) is 3. The second-order valence-electron chi connectivity index (χ2n) is 8.67. The van der Waals surface area contributed by atoms with E-state index in [-0.39, 0.29) is 17.4 Å². The molecular weight excluding hydrogens is 538 g/mol. The van der Waals surface area contributed by atoms with Crippen molar-refractivity contribution in [2.75, 3.05) is 30.6 Å². The fourth-order valence-corrected chi connectivity index (χ4v) is 4.51. The standard InChI is InChI=1S/C32H29N3O5S/c1-39-25-16-17-27(29(20-25)40-2)34-30(36)21-41-26-15-9-14-24(19-26)33-32(38)28(18-22-10-5-3-6-11-22)35-31(37)23-12-7-4-8-13-23/h3-20H,21H2,1-2H3,(H,33,38)(H,34,36)(H,35,37)/b28-18-. The summed E-state index contributed by atoms with van der Waals surface area (Å²) in [6.07, 6.45) is 1.62. The van der Waals surface area contributed by atoms with E-state index in [4.69, 9.17) is 9.47 Å². The monoisotopic (exact) mass is 567 g/mol. The maximum atomic E-state index is 13.3. The molecule has 41 heavy (non-hydrogen) atoms. The lowest BCUT2D eigenvalue weighted by atomic mass is 10.1. The van der Waals surface area contributed by atoms with Crippen LogP contribution in [0.2, 0.25) is 0 Å². The van der Waals surface area contributed by atoms with E-state index in [0.717, 1.165) is 10.5 Å². The second-order valence-corrected chi connectivity index (χ2v) is 9.72. The minimum atomic E-state index is -0.482. The summed E-state index contributed by atoms with van der Waals surface area (Å²) in [7, 11) is 3.08. The molecule has 0 heterocycles. The van der Waals surface area contributed by atoms with Crippen LogP contribution in [0.4, 0.5) is 11.4 Å². The molecule has 0 aliphatic carbocycles. The van der Waals surface area contributed by atoms with Crippen molar-refractivity contribution in [2.24, 2.45) is 0 Å². The molecule has 0 aliphatic heterocycles. The molecule has 0 spiro atoms. The van der Waals surface area contributed by atoms with E-state index in [1.807, 2.05) is 42.5 Å². The minimum absolute atomic E-state index is 0.0934. The molecule has 4 aromatic carbocycles. The summed E-state index contributed by atoms with van der Waals surface area (Å²) in [5.74, 6) is 0.153. The fourth-order valence-electron chi connectivity index (χ4n) is 3.76. The van der Waals surface area contributed by atoms with Gasteiger partial charge in [-0.1, -0.05) is 54.6 Å². The summed E-state index contributed by atoms with van der Waals surface area (Å²) in [6, 6.07) is 30.2. The van der Waals surface area contributed by atoms with Crippen LogP contribution in [0.25, 0.3) is 6.08 Å². The maximum Gasteiger partial charge on any atom is 0.272 e. The van der Waals surface area contributed by atoms with Crippen molar-refractivity contribution in [3.8, 4) is 11.5 Å². The lowest BCUT2D eigenvalue weighted by Gasteiger charge is -2.13. The summed E-state index contributed by atoms with van der Waals surface area (Å²) >= 11 is 1.32. The number of amides is 3. The number of hydrogen-bond acceptors (Lipinski definition) is 6. The molecule has 9 heteroatoms. The van der Waals surface area contributed by atoms with Gasteiger partial charge in [0.15, 0.2) is 0 Å². The molecule has 0 aromatic heterocycles. The van der Waals surface area contributed by atoms with Gasteiger partial charge < -0.3 is 25.4 Å². The van der Waals surface area contributed by atoms with Gasteiger partial charge in [0, 0.05) is 22.2 Å². The van der Waals surface area contributed by atoms with Crippen LogP contribution in [0.1, 0.15) is 15.9 Å². The summed E-state index contributed by atoms with van der Waals surface area (Å²) in [6.45, 7) is 0. The zero-order valence-corrected chi connectivity index (χ0v) is 23.4. The van der Waals surface area contributed by atoms with Gasteiger partial charge in [-0.15, -0.1) is 11.8 Å².